The molecule has 2 rings (SSSR count). The van der Waals surface area contributed by atoms with Gasteiger partial charge in [-0.05, 0) is 38.7 Å². The molecule has 1 saturated heterocycles. The summed E-state index contributed by atoms with van der Waals surface area (Å²) in [5, 5.41) is 10.9. The first-order chi connectivity index (χ1) is 14.0. The fourth-order valence-corrected chi connectivity index (χ4v) is 3.95. The van der Waals surface area contributed by atoms with Crippen molar-refractivity contribution in [3.63, 3.8) is 0 Å². The third-order valence-electron chi connectivity index (χ3n) is 5.97. The topological polar surface area (TPSA) is 102 Å². The van der Waals surface area contributed by atoms with E-state index in [0.29, 0.717) is 18.5 Å². The number of esters is 3. The minimum atomic E-state index is -1.96. The van der Waals surface area contributed by atoms with Crippen LogP contribution in [0.25, 0.3) is 0 Å². The van der Waals surface area contributed by atoms with Crippen LogP contribution in [0.3, 0.4) is 0 Å². The van der Waals surface area contributed by atoms with Gasteiger partial charge in [-0.2, -0.15) is 0 Å². The molecule has 0 saturated carbocycles. The minimum Gasteiger partial charge on any atom is -0.459 e. The summed E-state index contributed by atoms with van der Waals surface area (Å²) in [6.07, 6.45) is 3.01. The number of carbonyl (C=O) groups excluding carboxylic acids is 3. The van der Waals surface area contributed by atoms with Crippen LogP contribution in [0.5, 0.6) is 0 Å². The minimum absolute atomic E-state index is 0.0293. The zero-order valence-electron chi connectivity index (χ0n) is 18.6. The lowest BCUT2D eigenvalue weighted by molar-refractivity contribution is -0.192. The molecule has 0 radical (unpaired) electrons. The van der Waals surface area contributed by atoms with E-state index in [-0.39, 0.29) is 24.7 Å². The Morgan fingerprint density at radius 2 is 1.97 bits per heavy atom. The molecule has 0 bridgehead atoms. The fraction of sp³-hybridized carbons (Fsp3) is 0.682. The molecular formula is C22H33NO7. The average molecular weight is 424 g/mol. The molecule has 0 aromatic carbocycles. The van der Waals surface area contributed by atoms with Crippen LogP contribution in [-0.2, 0) is 28.6 Å². The highest BCUT2D eigenvalue weighted by atomic mass is 16.6. The Balaban J connectivity index is 2.06. The van der Waals surface area contributed by atoms with Crippen molar-refractivity contribution >= 4 is 17.9 Å². The first-order valence-corrected chi connectivity index (χ1v) is 10.4. The summed E-state index contributed by atoms with van der Waals surface area (Å²) in [6.45, 7) is 10.9. The average Bonchev–Trinajstić information content (AvgIpc) is 3.26. The number of fused-ring (bicyclic) bond motifs is 1. The highest BCUT2D eigenvalue weighted by Crippen LogP contribution is 2.32. The predicted molar refractivity (Wildman–Crippen MR) is 109 cm³/mol. The Kier molecular flexibility index (Phi) is 7.82. The van der Waals surface area contributed by atoms with E-state index in [1.54, 1.807) is 33.8 Å². The third kappa shape index (κ3) is 4.92. The van der Waals surface area contributed by atoms with E-state index in [9.17, 15) is 19.5 Å². The van der Waals surface area contributed by atoms with Crippen molar-refractivity contribution in [3.05, 3.63) is 23.3 Å². The first-order valence-electron chi connectivity index (χ1n) is 10.4. The number of hydrogen-bond acceptors (Lipinski definition) is 8. The molecule has 2 aliphatic heterocycles. The van der Waals surface area contributed by atoms with E-state index in [1.165, 1.54) is 13.8 Å². The maximum atomic E-state index is 12.8. The number of nitrogens with zero attached hydrogens (tertiary/aromatic N) is 1. The Labute approximate surface area is 177 Å². The van der Waals surface area contributed by atoms with Gasteiger partial charge in [0.25, 0.3) is 0 Å². The van der Waals surface area contributed by atoms with Crippen molar-refractivity contribution < 1.29 is 33.7 Å². The lowest BCUT2D eigenvalue weighted by Crippen LogP contribution is -2.55. The Bertz CT molecular complexity index is 742. The van der Waals surface area contributed by atoms with Crippen LogP contribution in [-0.4, -0.2) is 71.5 Å². The molecule has 8 nitrogen and oxygen atoms in total. The Morgan fingerprint density at radius 1 is 1.30 bits per heavy atom. The largest absolute Gasteiger partial charge is 0.459 e. The van der Waals surface area contributed by atoms with Crippen molar-refractivity contribution in [1.82, 2.24) is 4.90 Å². The van der Waals surface area contributed by atoms with Crippen molar-refractivity contribution in [1.29, 1.82) is 0 Å². The molecule has 2 aliphatic rings. The van der Waals surface area contributed by atoms with Crippen LogP contribution in [0.2, 0.25) is 0 Å². The van der Waals surface area contributed by atoms with Gasteiger partial charge in [-0.3, -0.25) is 9.69 Å². The van der Waals surface area contributed by atoms with E-state index in [0.717, 1.165) is 12.1 Å². The van der Waals surface area contributed by atoms with Crippen molar-refractivity contribution in [2.45, 2.75) is 71.8 Å². The molecule has 168 valence electrons. The van der Waals surface area contributed by atoms with Gasteiger partial charge in [-0.1, -0.05) is 26.0 Å². The van der Waals surface area contributed by atoms with Gasteiger partial charge in [-0.15, -0.1) is 0 Å². The zero-order valence-corrected chi connectivity index (χ0v) is 18.6. The molecular weight excluding hydrogens is 390 g/mol. The van der Waals surface area contributed by atoms with E-state index < -0.39 is 29.6 Å². The predicted octanol–water partition coefficient (Wildman–Crippen LogP) is 1.76. The molecule has 2 heterocycles. The first kappa shape index (κ1) is 24.1. The number of carbonyl (C=O) groups is 3. The SMILES string of the molecule is C/C=C(\C)C(=O)O[C@@H]1CCN2CC=C(COC(=O)[C@](O)(C(C)C)[C@H](C)OC(C)=O)[C@H]12. The fourth-order valence-electron chi connectivity index (χ4n) is 3.95. The molecule has 0 spiro atoms. The molecule has 0 unspecified atom stereocenters. The number of ether oxygens (including phenoxy) is 3. The summed E-state index contributed by atoms with van der Waals surface area (Å²) in [6, 6.07) is -0.149. The van der Waals surface area contributed by atoms with Gasteiger partial charge in [0.2, 0.25) is 5.60 Å². The summed E-state index contributed by atoms with van der Waals surface area (Å²) in [4.78, 5) is 38.4. The number of hydrogen-bond donors (Lipinski definition) is 1. The standard InChI is InChI=1S/C22H33NO7/c1-7-14(4)20(25)30-18-9-11-23-10-8-17(19(18)23)12-28-21(26)22(27,13(2)3)15(5)29-16(6)24/h7-8,13,15,18-19,27H,9-12H2,1-6H3/b14-7+/t15-,18+,19+,22-/m0/s1. The molecule has 4 atom stereocenters. The van der Waals surface area contributed by atoms with Gasteiger partial charge >= 0.3 is 17.9 Å². The molecule has 0 aromatic rings. The van der Waals surface area contributed by atoms with E-state index in [4.69, 9.17) is 14.2 Å². The molecule has 1 N–H and O–H groups in total. The van der Waals surface area contributed by atoms with Gasteiger partial charge in [0.15, 0.2) is 0 Å². The van der Waals surface area contributed by atoms with Gasteiger partial charge in [0, 0.05) is 25.6 Å². The molecule has 1 fully saturated rings. The van der Waals surface area contributed by atoms with E-state index in [2.05, 4.69) is 4.90 Å². The quantitative estimate of drug-likeness (QED) is 0.273. The van der Waals surface area contributed by atoms with Crippen LogP contribution in [0.4, 0.5) is 0 Å². The van der Waals surface area contributed by atoms with Gasteiger partial charge in [0.1, 0.15) is 18.8 Å². The summed E-state index contributed by atoms with van der Waals surface area (Å²) in [5.41, 5.74) is -0.581. The lowest BCUT2D eigenvalue weighted by atomic mass is 9.85. The Morgan fingerprint density at radius 3 is 2.53 bits per heavy atom. The van der Waals surface area contributed by atoms with Crippen molar-refractivity contribution in [3.8, 4) is 0 Å². The summed E-state index contributed by atoms with van der Waals surface area (Å²) < 4.78 is 16.2. The highest BCUT2D eigenvalue weighted by Gasteiger charge is 2.49. The van der Waals surface area contributed by atoms with Crippen LogP contribution in [0.1, 0.15) is 48.0 Å². The second-order valence-electron chi connectivity index (χ2n) is 8.23. The maximum absolute atomic E-state index is 12.8. The summed E-state index contributed by atoms with van der Waals surface area (Å²) in [5.74, 6) is -2.31. The normalized spacial score (nSPS) is 24.7. The molecule has 30 heavy (non-hydrogen) atoms. The van der Waals surface area contributed by atoms with Crippen molar-refractivity contribution in [2.24, 2.45) is 5.92 Å². The second kappa shape index (κ2) is 9.75. The molecule has 0 aliphatic carbocycles. The maximum Gasteiger partial charge on any atom is 0.342 e. The van der Waals surface area contributed by atoms with Crippen molar-refractivity contribution in [2.75, 3.05) is 19.7 Å². The molecule has 0 aromatic heterocycles. The van der Waals surface area contributed by atoms with Crippen LogP contribution < -0.4 is 0 Å². The molecule has 8 heteroatoms. The Hall–Kier alpha value is -2.19. The van der Waals surface area contributed by atoms with Crippen LogP contribution in [0, 0.1) is 5.92 Å². The van der Waals surface area contributed by atoms with E-state index >= 15 is 0 Å². The number of rotatable bonds is 8. The summed E-state index contributed by atoms with van der Waals surface area (Å²) in [7, 11) is 0. The second-order valence-corrected chi connectivity index (χ2v) is 8.23. The van der Waals surface area contributed by atoms with Crippen LogP contribution in [0.15, 0.2) is 23.3 Å². The molecule has 0 amide bonds. The summed E-state index contributed by atoms with van der Waals surface area (Å²) >= 11 is 0. The zero-order chi connectivity index (χ0) is 22.6. The number of aliphatic hydroxyl groups is 1. The third-order valence-corrected chi connectivity index (χ3v) is 5.97. The van der Waals surface area contributed by atoms with Crippen LogP contribution >= 0.6 is 0 Å². The highest BCUT2D eigenvalue weighted by molar-refractivity contribution is 5.87. The van der Waals surface area contributed by atoms with Gasteiger partial charge < -0.3 is 19.3 Å². The lowest BCUT2D eigenvalue weighted by Gasteiger charge is -2.34. The van der Waals surface area contributed by atoms with Gasteiger partial charge in [-0.25, -0.2) is 9.59 Å². The van der Waals surface area contributed by atoms with Gasteiger partial charge in [0.05, 0.1) is 6.04 Å². The smallest absolute Gasteiger partial charge is 0.342 e. The monoisotopic (exact) mass is 423 g/mol. The number of allylic oxidation sites excluding steroid dienone is 1. The van der Waals surface area contributed by atoms with E-state index in [1.807, 2.05) is 6.08 Å².